The van der Waals surface area contributed by atoms with Crippen LogP contribution >= 0.6 is 15.9 Å². The number of pyridine rings is 1. The topological polar surface area (TPSA) is 99.2 Å². The molecular weight excluding hydrogens is 607 g/mol. The molecule has 1 aliphatic rings. The molecule has 0 saturated carbocycles. The number of alkyl halides is 3. The van der Waals surface area contributed by atoms with E-state index in [2.05, 4.69) is 25.6 Å². The van der Waals surface area contributed by atoms with Crippen molar-refractivity contribution in [3.05, 3.63) is 58.7 Å². The minimum Gasteiger partial charge on any atom is -0.493 e. The van der Waals surface area contributed by atoms with Crippen molar-refractivity contribution < 1.29 is 40.5 Å². The number of anilines is 1. The van der Waals surface area contributed by atoms with Crippen molar-refractivity contribution in [3.8, 4) is 28.9 Å². The Bertz CT molecular complexity index is 1460. The molecule has 0 spiro atoms. The minimum absolute atomic E-state index is 0.0768. The van der Waals surface area contributed by atoms with E-state index < -0.39 is 33.6 Å². The van der Waals surface area contributed by atoms with Crippen LogP contribution in [0.4, 0.5) is 18.9 Å². The highest BCUT2D eigenvalue weighted by atomic mass is 79.9. The van der Waals surface area contributed by atoms with Crippen LogP contribution in [-0.2, 0) is 16.2 Å². The first-order valence-corrected chi connectivity index (χ1v) is 13.8. The first-order valence-electron chi connectivity index (χ1n) is 11.5. The number of halogens is 4. The predicted molar refractivity (Wildman–Crippen MR) is 140 cm³/mol. The van der Waals surface area contributed by atoms with Crippen molar-refractivity contribution in [2.75, 3.05) is 39.1 Å². The molecule has 4 rings (SSSR count). The van der Waals surface area contributed by atoms with Crippen LogP contribution < -0.4 is 23.7 Å². The summed E-state index contributed by atoms with van der Waals surface area (Å²) in [6, 6.07) is 8.96. The van der Waals surface area contributed by atoms with Crippen LogP contribution in [0, 0.1) is 0 Å². The zero-order chi connectivity index (χ0) is 28.4. The molecule has 1 aliphatic heterocycles. The average Bonchev–Trinajstić information content (AvgIpc) is 3.28. The van der Waals surface area contributed by atoms with Crippen LogP contribution in [0.15, 0.2) is 58.0 Å². The fourth-order valence-electron chi connectivity index (χ4n) is 3.92. The molecule has 1 N–H and O–H groups in total. The number of likely N-dealkylation sites (N-methyl/N-ethyl adjacent to an activating group) is 1. The molecule has 39 heavy (non-hydrogen) atoms. The van der Waals surface area contributed by atoms with Crippen LogP contribution in [0.3, 0.4) is 0 Å². The van der Waals surface area contributed by atoms with Crippen molar-refractivity contribution in [2.24, 2.45) is 0 Å². The Morgan fingerprint density at radius 2 is 1.79 bits per heavy atom. The van der Waals surface area contributed by atoms with Gasteiger partial charge < -0.3 is 23.8 Å². The van der Waals surface area contributed by atoms with Gasteiger partial charge in [0.2, 0.25) is 5.88 Å². The van der Waals surface area contributed by atoms with E-state index in [1.807, 2.05) is 11.9 Å². The van der Waals surface area contributed by atoms with Crippen molar-refractivity contribution in [1.29, 1.82) is 0 Å². The molecule has 9 nitrogen and oxygen atoms in total. The predicted octanol–water partition coefficient (Wildman–Crippen LogP) is 5.56. The smallest absolute Gasteiger partial charge is 0.419 e. The maximum atomic E-state index is 13.6. The fraction of sp³-hybridized carbons (Fsp3) is 0.320. The standard InChI is InChI=1S/C25H25BrF3N3O6S/c1-32-9-8-17(14-32)37-22-10-15(4-6-19(22)25(27,28)29)31-39(33,34)18-12-20(26)24(30-13-18)38-16-5-7-21(35-2)23(11-16)36-3/h4-7,10-13,17,31H,8-9,14H2,1-3H3/t17-/m1/s1. The lowest BCUT2D eigenvalue weighted by atomic mass is 10.1. The Morgan fingerprint density at radius 3 is 2.41 bits per heavy atom. The van der Waals surface area contributed by atoms with Gasteiger partial charge >= 0.3 is 6.18 Å². The molecule has 0 bridgehead atoms. The van der Waals surface area contributed by atoms with Crippen LogP contribution in [0.1, 0.15) is 12.0 Å². The third kappa shape index (κ3) is 6.86. The number of nitrogens with one attached hydrogen (secondary N) is 1. The zero-order valence-electron chi connectivity index (χ0n) is 21.1. The van der Waals surface area contributed by atoms with Crippen LogP contribution in [0.25, 0.3) is 0 Å². The van der Waals surface area contributed by atoms with Gasteiger partial charge in [-0.15, -0.1) is 0 Å². The molecule has 1 saturated heterocycles. The van der Waals surface area contributed by atoms with Gasteiger partial charge in [-0.3, -0.25) is 4.72 Å². The third-order valence-electron chi connectivity index (χ3n) is 5.84. The van der Waals surface area contributed by atoms with E-state index in [-0.39, 0.29) is 20.9 Å². The van der Waals surface area contributed by atoms with Crippen molar-refractivity contribution in [3.63, 3.8) is 0 Å². The highest BCUT2D eigenvalue weighted by Gasteiger charge is 2.36. The van der Waals surface area contributed by atoms with Gasteiger partial charge in [0.05, 0.1) is 36.1 Å². The molecule has 210 valence electrons. The Labute approximate surface area is 232 Å². The van der Waals surface area contributed by atoms with Crippen LogP contribution in [0.2, 0.25) is 0 Å². The van der Waals surface area contributed by atoms with Crippen molar-refractivity contribution in [1.82, 2.24) is 9.88 Å². The molecule has 1 atom stereocenters. The highest BCUT2D eigenvalue weighted by molar-refractivity contribution is 9.10. The monoisotopic (exact) mass is 631 g/mol. The molecule has 1 aromatic heterocycles. The quantitative estimate of drug-likeness (QED) is 0.328. The first-order chi connectivity index (χ1) is 18.4. The summed E-state index contributed by atoms with van der Waals surface area (Å²) in [5.41, 5.74) is -1.08. The van der Waals surface area contributed by atoms with Gasteiger partial charge in [-0.25, -0.2) is 13.4 Å². The molecular formula is C25H25BrF3N3O6S. The number of likely N-dealkylation sites (tertiary alicyclic amines) is 1. The second-order valence-corrected chi connectivity index (χ2v) is 11.2. The SMILES string of the molecule is COc1ccc(Oc2ncc(S(=O)(=O)Nc3ccc(C(F)(F)F)c(O[C@@H]4CCN(C)C4)c3)cc2Br)cc1OC. The van der Waals surface area contributed by atoms with Gasteiger partial charge in [0, 0.05) is 25.2 Å². The Morgan fingerprint density at radius 1 is 1.05 bits per heavy atom. The van der Waals surface area contributed by atoms with Gasteiger partial charge in [-0.1, -0.05) is 0 Å². The normalized spacial score (nSPS) is 16.1. The van der Waals surface area contributed by atoms with E-state index in [1.165, 1.54) is 20.3 Å². The van der Waals surface area contributed by atoms with Crippen molar-refractivity contribution in [2.45, 2.75) is 23.6 Å². The number of hydrogen-bond donors (Lipinski definition) is 1. The Kier molecular flexibility index (Phi) is 8.47. The molecule has 0 amide bonds. The maximum Gasteiger partial charge on any atom is 0.419 e. The molecule has 3 aromatic rings. The highest BCUT2D eigenvalue weighted by Crippen LogP contribution is 2.39. The summed E-state index contributed by atoms with van der Waals surface area (Å²) in [5, 5.41) is 0. The number of nitrogens with zero attached hydrogens (tertiary/aromatic N) is 2. The zero-order valence-corrected chi connectivity index (χ0v) is 23.5. The molecule has 0 unspecified atom stereocenters. The molecule has 0 radical (unpaired) electrons. The van der Waals surface area contributed by atoms with E-state index in [0.717, 1.165) is 24.4 Å². The Balaban J connectivity index is 1.55. The Hall–Kier alpha value is -3.23. The van der Waals surface area contributed by atoms with Crippen LogP contribution in [-0.4, -0.2) is 58.8 Å². The summed E-state index contributed by atoms with van der Waals surface area (Å²) in [7, 11) is 0.587. The summed E-state index contributed by atoms with van der Waals surface area (Å²) < 4.78 is 91.2. The lowest BCUT2D eigenvalue weighted by Gasteiger charge is -2.19. The summed E-state index contributed by atoms with van der Waals surface area (Å²) in [4.78, 5) is 5.78. The summed E-state index contributed by atoms with van der Waals surface area (Å²) in [5.74, 6) is 0.917. The third-order valence-corrected chi connectivity index (χ3v) is 7.76. The fourth-order valence-corrected chi connectivity index (χ4v) is 5.52. The van der Waals surface area contributed by atoms with E-state index in [0.29, 0.717) is 36.8 Å². The van der Waals surface area contributed by atoms with Gasteiger partial charge in [-0.2, -0.15) is 13.2 Å². The number of methoxy groups -OCH3 is 2. The summed E-state index contributed by atoms with van der Waals surface area (Å²) >= 11 is 3.26. The molecule has 0 aliphatic carbocycles. The van der Waals surface area contributed by atoms with Crippen molar-refractivity contribution >= 4 is 31.6 Å². The molecule has 2 aromatic carbocycles. The molecule has 14 heteroatoms. The second-order valence-electron chi connectivity index (χ2n) is 8.68. The number of rotatable bonds is 9. The van der Waals surface area contributed by atoms with E-state index in [9.17, 15) is 21.6 Å². The number of aromatic nitrogens is 1. The number of hydrogen-bond acceptors (Lipinski definition) is 8. The molecule has 1 fully saturated rings. The van der Waals surface area contributed by atoms with Gasteiger partial charge in [0.25, 0.3) is 10.0 Å². The molecule has 2 heterocycles. The van der Waals surface area contributed by atoms with Gasteiger partial charge in [0.15, 0.2) is 11.5 Å². The second kappa shape index (κ2) is 11.5. The first kappa shape index (κ1) is 28.8. The number of sulfonamides is 1. The van der Waals surface area contributed by atoms with Gasteiger partial charge in [0.1, 0.15) is 22.5 Å². The van der Waals surface area contributed by atoms with E-state index in [1.54, 1.807) is 18.2 Å². The lowest BCUT2D eigenvalue weighted by molar-refractivity contribution is -0.139. The van der Waals surface area contributed by atoms with Crippen LogP contribution in [0.5, 0.6) is 28.9 Å². The van der Waals surface area contributed by atoms with E-state index >= 15 is 0 Å². The number of benzene rings is 2. The lowest BCUT2D eigenvalue weighted by Crippen LogP contribution is -2.23. The largest absolute Gasteiger partial charge is 0.493 e. The number of ether oxygens (including phenoxy) is 4. The average molecular weight is 632 g/mol. The summed E-state index contributed by atoms with van der Waals surface area (Å²) in [6.07, 6.45) is -3.49. The van der Waals surface area contributed by atoms with Gasteiger partial charge in [-0.05, 0) is 59.7 Å². The maximum absolute atomic E-state index is 13.6. The van der Waals surface area contributed by atoms with E-state index in [4.69, 9.17) is 18.9 Å². The minimum atomic E-state index is -4.67. The summed E-state index contributed by atoms with van der Waals surface area (Å²) in [6.45, 7) is 1.15.